The average Bonchev–Trinajstić information content (AvgIpc) is 2.87. The van der Waals surface area contributed by atoms with E-state index in [1.165, 1.54) is 6.07 Å². The van der Waals surface area contributed by atoms with Gasteiger partial charge in [-0.15, -0.1) is 0 Å². The zero-order chi connectivity index (χ0) is 15.0. The van der Waals surface area contributed by atoms with Gasteiger partial charge in [0.1, 0.15) is 5.76 Å². The van der Waals surface area contributed by atoms with Crippen LogP contribution in [-0.4, -0.2) is 34.4 Å². The molecule has 9 heteroatoms. The van der Waals surface area contributed by atoms with E-state index in [0.717, 1.165) is 24.2 Å². The molecule has 3 heterocycles. The molecule has 0 saturated carbocycles. The fourth-order valence-electron chi connectivity index (χ4n) is 2.34. The van der Waals surface area contributed by atoms with Crippen LogP contribution in [0.3, 0.4) is 0 Å². The number of hydrogen-bond acceptors (Lipinski definition) is 6. The molecular formula is C12H13N3O4S2. The molecule has 3 rings (SSSR count). The minimum Gasteiger partial charge on any atom is -0.446 e. The molecule has 0 fully saturated rings. The van der Waals surface area contributed by atoms with Crippen molar-refractivity contribution < 1.29 is 17.4 Å². The van der Waals surface area contributed by atoms with Gasteiger partial charge in [0, 0.05) is 37.0 Å². The number of nitrogens with one attached hydrogen (secondary N) is 1. The lowest BCUT2D eigenvalue weighted by atomic mass is 10.1. The fraction of sp³-hybridized carbons (Fsp3) is 0.333. The molecule has 1 aliphatic rings. The largest absolute Gasteiger partial charge is 0.446 e. The molecule has 0 spiro atoms. The van der Waals surface area contributed by atoms with Crippen LogP contribution in [0.15, 0.2) is 27.8 Å². The molecule has 0 saturated heterocycles. The van der Waals surface area contributed by atoms with Gasteiger partial charge in [-0.05, 0) is 24.4 Å². The molecule has 0 bridgehead atoms. The standard InChI is InChI=1S/C12H13N3O4S2/c16-21(17,18)11-2-1-9(19-11)7-15-4-3-10-8(6-15)5-13-12(20)14-10/h1-2,5H,3-4,6-7H2,(H,13,14,20)(H,16,17,18). The average molecular weight is 327 g/mol. The highest BCUT2D eigenvalue weighted by Crippen LogP contribution is 2.20. The van der Waals surface area contributed by atoms with Crippen molar-refractivity contribution in [3.05, 3.63) is 40.1 Å². The van der Waals surface area contributed by atoms with Crippen LogP contribution >= 0.6 is 12.2 Å². The van der Waals surface area contributed by atoms with Crippen molar-refractivity contribution in [3.8, 4) is 0 Å². The molecule has 2 aromatic heterocycles. The van der Waals surface area contributed by atoms with Crippen molar-refractivity contribution in [2.45, 2.75) is 24.6 Å². The van der Waals surface area contributed by atoms with Crippen LogP contribution in [0.5, 0.6) is 0 Å². The van der Waals surface area contributed by atoms with E-state index in [1.807, 2.05) is 0 Å². The van der Waals surface area contributed by atoms with E-state index in [-0.39, 0.29) is 0 Å². The van der Waals surface area contributed by atoms with E-state index in [0.29, 0.717) is 23.6 Å². The third-order valence-corrected chi connectivity index (χ3v) is 4.26. The van der Waals surface area contributed by atoms with Gasteiger partial charge in [0.15, 0.2) is 4.77 Å². The summed E-state index contributed by atoms with van der Waals surface area (Å²) in [7, 11) is -4.29. The zero-order valence-electron chi connectivity index (χ0n) is 10.9. The number of aromatic amines is 1. The normalized spacial score (nSPS) is 15.9. The molecule has 21 heavy (non-hydrogen) atoms. The second kappa shape index (κ2) is 5.34. The number of nitrogens with zero attached hydrogens (tertiary/aromatic N) is 2. The third-order valence-electron chi connectivity index (χ3n) is 3.33. The van der Waals surface area contributed by atoms with Crippen LogP contribution in [0.25, 0.3) is 0 Å². The molecule has 0 amide bonds. The molecule has 0 aromatic carbocycles. The third kappa shape index (κ3) is 3.21. The van der Waals surface area contributed by atoms with Gasteiger partial charge in [0.25, 0.3) is 0 Å². The first-order valence-electron chi connectivity index (χ1n) is 6.27. The quantitative estimate of drug-likeness (QED) is 0.651. The Morgan fingerprint density at radius 1 is 1.48 bits per heavy atom. The Bertz CT molecular complexity index is 825. The van der Waals surface area contributed by atoms with Gasteiger partial charge in [-0.2, -0.15) is 8.42 Å². The van der Waals surface area contributed by atoms with Crippen LogP contribution in [-0.2, 0) is 29.6 Å². The molecule has 0 unspecified atom stereocenters. The topological polar surface area (TPSA) is 99.4 Å². The summed E-state index contributed by atoms with van der Waals surface area (Å²) in [4.78, 5) is 9.25. The van der Waals surface area contributed by atoms with Gasteiger partial charge in [-0.3, -0.25) is 9.45 Å². The second-order valence-electron chi connectivity index (χ2n) is 4.85. The minimum atomic E-state index is -4.29. The van der Waals surface area contributed by atoms with Gasteiger partial charge in [-0.25, -0.2) is 4.98 Å². The van der Waals surface area contributed by atoms with Gasteiger partial charge in [-0.1, -0.05) is 0 Å². The van der Waals surface area contributed by atoms with Crippen molar-refractivity contribution in [1.29, 1.82) is 0 Å². The molecule has 2 N–H and O–H groups in total. The van der Waals surface area contributed by atoms with Gasteiger partial charge >= 0.3 is 10.1 Å². The Morgan fingerprint density at radius 3 is 3.00 bits per heavy atom. The van der Waals surface area contributed by atoms with Gasteiger partial charge < -0.3 is 9.40 Å². The van der Waals surface area contributed by atoms with Crippen molar-refractivity contribution in [3.63, 3.8) is 0 Å². The summed E-state index contributed by atoms with van der Waals surface area (Å²) in [6, 6.07) is 2.80. The highest BCUT2D eigenvalue weighted by molar-refractivity contribution is 7.85. The number of H-pyrrole nitrogens is 1. The maximum Gasteiger partial charge on any atom is 0.328 e. The highest BCUT2D eigenvalue weighted by Gasteiger charge is 2.20. The Morgan fingerprint density at radius 2 is 2.29 bits per heavy atom. The van der Waals surface area contributed by atoms with Gasteiger partial charge in [0.2, 0.25) is 5.09 Å². The maximum absolute atomic E-state index is 11.0. The summed E-state index contributed by atoms with van der Waals surface area (Å²) in [5.41, 5.74) is 2.15. The summed E-state index contributed by atoms with van der Waals surface area (Å²) in [6.45, 7) is 1.94. The summed E-state index contributed by atoms with van der Waals surface area (Å²) in [5, 5.41) is -0.430. The maximum atomic E-state index is 11.0. The first-order chi connectivity index (χ1) is 9.91. The number of hydrogen-bond donors (Lipinski definition) is 2. The first-order valence-corrected chi connectivity index (χ1v) is 8.12. The van der Waals surface area contributed by atoms with Gasteiger partial charge in [0.05, 0.1) is 6.54 Å². The summed E-state index contributed by atoms with van der Waals surface area (Å²) in [5.74, 6) is 0.489. The van der Waals surface area contributed by atoms with E-state index in [2.05, 4.69) is 14.9 Å². The lowest BCUT2D eigenvalue weighted by molar-refractivity contribution is 0.216. The van der Waals surface area contributed by atoms with E-state index >= 15 is 0 Å². The molecule has 7 nitrogen and oxygen atoms in total. The van der Waals surface area contributed by atoms with Crippen molar-refractivity contribution in [1.82, 2.24) is 14.9 Å². The molecule has 0 atom stereocenters. The van der Waals surface area contributed by atoms with Crippen LogP contribution in [0.4, 0.5) is 0 Å². The molecule has 2 aromatic rings. The summed E-state index contributed by atoms with van der Waals surface area (Å²) >= 11 is 4.99. The number of furan rings is 1. The predicted octanol–water partition coefficient (Wildman–Crippen LogP) is 1.54. The second-order valence-corrected chi connectivity index (χ2v) is 6.59. The summed E-state index contributed by atoms with van der Waals surface area (Å²) < 4.78 is 36.4. The lowest BCUT2D eigenvalue weighted by Gasteiger charge is -2.27. The molecular weight excluding hydrogens is 314 g/mol. The number of fused-ring (bicyclic) bond motifs is 1. The van der Waals surface area contributed by atoms with Crippen molar-refractivity contribution in [2.24, 2.45) is 0 Å². The molecule has 112 valence electrons. The van der Waals surface area contributed by atoms with Crippen molar-refractivity contribution in [2.75, 3.05) is 6.54 Å². The SMILES string of the molecule is O=S(=O)(O)c1ccc(CN2CCc3[nH]c(=S)ncc3C2)o1. The van der Waals surface area contributed by atoms with E-state index in [9.17, 15) is 8.42 Å². The first kappa shape index (κ1) is 14.4. The minimum absolute atomic E-state index is 0.430. The fourth-order valence-corrected chi connectivity index (χ4v) is 2.97. The monoisotopic (exact) mass is 327 g/mol. The lowest BCUT2D eigenvalue weighted by Crippen LogP contribution is -2.30. The smallest absolute Gasteiger partial charge is 0.328 e. The Hall–Kier alpha value is -1.55. The Balaban J connectivity index is 1.74. The van der Waals surface area contributed by atoms with Crippen LogP contribution in [0.2, 0.25) is 0 Å². The predicted molar refractivity (Wildman–Crippen MR) is 75.8 cm³/mol. The van der Waals surface area contributed by atoms with Crippen molar-refractivity contribution >= 4 is 22.3 Å². The van der Waals surface area contributed by atoms with E-state index in [4.69, 9.17) is 21.2 Å². The van der Waals surface area contributed by atoms with Crippen LogP contribution in [0, 0.1) is 4.77 Å². The molecule has 1 aliphatic heterocycles. The number of aromatic nitrogens is 2. The zero-order valence-corrected chi connectivity index (χ0v) is 12.6. The molecule has 0 aliphatic carbocycles. The molecule has 0 radical (unpaired) electrons. The summed E-state index contributed by atoms with van der Waals surface area (Å²) in [6.07, 6.45) is 2.57. The van der Waals surface area contributed by atoms with Crippen LogP contribution < -0.4 is 0 Å². The Labute approximate surface area is 126 Å². The highest BCUT2D eigenvalue weighted by atomic mass is 32.2. The Kier molecular flexibility index (Phi) is 3.66. The van der Waals surface area contributed by atoms with Crippen LogP contribution in [0.1, 0.15) is 17.0 Å². The van der Waals surface area contributed by atoms with E-state index < -0.39 is 15.2 Å². The van der Waals surface area contributed by atoms with E-state index in [1.54, 1.807) is 12.3 Å². The number of rotatable bonds is 3.